The predicted molar refractivity (Wildman–Crippen MR) is 95.8 cm³/mol. The number of fused-ring (bicyclic) bond motifs is 1. The Labute approximate surface area is 147 Å². The van der Waals surface area contributed by atoms with Gasteiger partial charge in [0.25, 0.3) is 11.7 Å². The monoisotopic (exact) mass is 338 g/mol. The number of carbonyl (C=O) groups is 1. The fraction of sp³-hybridized carbons (Fsp3) is 0.350. The first-order chi connectivity index (χ1) is 12.2. The fourth-order valence-electron chi connectivity index (χ4n) is 3.46. The van der Waals surface area contributed by atoms with Crippen molar-refractivity contribution in [2.45, 2.75) is 44.4 Å². The van der Waals surface area contributed by atoms with Gasteiger partial charge in [0.1, 0.15) is 0 Å². The van der Waals surface area contributed by atoms with E-state index >= 15 is 0 Å². The van der Waals surface area contributed by atoms with Crippen LogP contribution >= 0.6 is 0 Å². The molecule has 130 valence electrons. The molecule has 0 saturated heterocycles. The fourth-order valence-corrected chi connectivity index (χ4v) is 3.46. The zero-order valence-electron chi connectivity index (χ0n) is 14.1. The van der Waals surface area contributed by atoms with E-state index in [4.69, 9.17) is 15.2 Å². The quantitative estimate of drug-likeness (QED) is 0.892. The van der Waals surface area contributed by atoms with E-state index in [1.807, 2.05) is 30.3 Å². The lowest BCUT2D eigenvalue weighted by atomic mass is 9.94. The van der Waals surface area contributed by atoms with Crippen LogP contribution in [-0.4, -0.2) is 11.7 Å². The van der Waals surface area contributed by atoms with Gasteiger partial charge < -0.3 is 20.5 Å². The molecule has 5 nitrogen and oxygen atoms in total. The lowest BCUT2D eigenvalue weighted by molar-refractivity contribution is -0.105. The smallest absolute Gasteiger partial charge is 0.255 e. The molecule has 0 bridgehead atoms. The van der Waals surface area contributed by atoms with Gasteiger partial charge in [-0.1, -0.05) is 18.6 Å². The summed E-state index contributed by atoms with van der Waals surface area (Å²) in [5.41, 5.74) is 7.88. The van der Waals surface area contributed by atoms with E-state index in [9.17, 15) is 4.79 Å². The molecule has 1 heterocycles. The SMILES string of the molecule is NCc1ccc(C(=O)Nc2ccc3c(c2)OC2(CCCCC2)O3)cc1. The highest BCUT2D eigenvalue weighted by Crippen LogP contribution is 2.46. The van der Waals surface area contributed by atoms with Crippen molar-refractivity contribution in [2.75, 3.05) is 5.32 Å². The second-order valence-corrected chi connectivity index (χ2v) is 6.69. The van der Waals surface area contributed by atoms with Crippen LogP contribution in [0, 0.1) is 0 Å². The van der Waals surface area contributed by atoms with Crippen molar-refractivity contribution in [3.63, 3.8) is 0 Å². The first kappa shape index (κ1) is 16.0. The molecule has 1 spiro atoms. The summed E-state index contributed by atoms with van der Waals surface area (Å²) in [4.78, 5) is 12.4. The van der Waals surface area contributed by atoms with Gasteiger partial charge >= 0.3 is 0 Å². The standard InChI is InChI=1S/C20H22N2O3/c21-13-14-4-6-15(7-5-14)19(23)22-16-8-9-17-18(12-16)25-20(24-17)10-2-1-3-11-20/h4-9,12H,1-3,10-11,13,21H2,(H,22,23). The molecule has 2 aromatic carbocycles. The first-order valence-corrected chi connectivity index (χ1v) is 8.80. The summed E-state index contributed by atoms with van der Waals surface area (Å²) in [6.07, 6.45) is 5.30. The second-order valence-electron chi connectivity index (χ2n) is 6.69. The summed E-state index contributed by atoms with van der Waals surface area (Å²) in [5.74, 6) is 0.807. The van der Waals surface area contributed by atoms with Gasteiger partial charge in [0.05, 0.1) is 0 Å². The Kier molecular flexibility index (Phi) is 4.09. The topological polar surface area (TPSA) is 73.6 Å². The van der Waals surface area contributed by atoms with Crippen LogP contribution in [0.15, 0.2) is 42.5 Å². The number of carbonyl (C=O) groups excluding carboxylic acids is 1. The minimum Gasteiger partial charge on any atom is -0.448 e. The summed E-state index contributed by atoms with van der Waals surface area (Å²) >= 11 is 0. The molecule has 3 N–H and O–H groups in total. The normalized spacial score (nSPS) is 17.5. The number of anilines is 1. The number of rotatable bonds is 3. The van der Waals surface area contributed by atoms with Gasteiger partial charge in [0.15, 0.2) is 11.5 Å². The molecule has 2 aromatic rings. The third-order valence-corrected chi connectivity index (χ3v) is 4.86. The van der Waals surface area contributed by atoms with Crippen LogP contribution in [0.3, 0.4) is 0 Å². The minimum absolute atomic E-state index is 0.158. The maximum atomic E-state index is 12.4. The highest BCUT2D eigenvalue weighted by molar-refractivity contribution is 6.04. The predicted octanol–water partition coefficient (Wildman–Crippen LogP) is 3.83. The summed E-state index contributed by atoms with van der Waals surface area (Å²) in [7, 11) is 0. The van der Waals surface area contributed by atoms with Gasteiger partial charge in [-0.05, 0) is 42.7 Å². The summed E-state index contributed by atoms with van der Waals surface area (Å²) < 4.78 is 12.2. The van der Waals surface area contributed by atoms with E-state index in [1.54, 1.807) is 12.1 Å². The lowest BCUT2D eigenvalue weighted by Gasteiger charge is -2.31. The van der Waals surface area contributed by atoms with E-state index in [2.05, 4.69) is 5.32 Å². The van der Waals surface area contributed by atoms with Crippen molar-refractivity contribution < 1.29 is 14.3 Å². The van der Waals surface area contributed by atoms with E-state index < -0.39 is 5.79 Å². The van der Waals surface area contributed by atoms with Crippen LogP contribution in [0.4, 0.5) is 5.69 Å². The van der Waals surface area contributed by atoms with Crippen molar-refractivity contribution in [2.24, 2.45) is 5.73 Å². The van der Waals surface area contributed by atoms with Crippen molar-refractivity contribution in [3.05, 3.63) is 53.6 Å². The van der Waals surface area contributed by atoms with Crippen LogP contribution in [0.5, 0.6) is 11.5 Å². The molecule has 0 radical (unpaired) electrons. The van der Waals surface area contributed by atoms with Gasteiger partial charge in [-0.3, -0.25) is 4.79 Å². The molecular formula is C20H22N2O3. The average molecular weight is 338 g/mol. The minimum atomic E-state index is -0.499. The van der Waals surface area contributed by atoms with Gasteiger partial charge in [0, 0.05) is 36.7 Å². The van der Waals surface area contributed by atoms with E-state index in [1.165, 1.54) is 6.42 Å². The Morgan fingerprint density at radius 1 is 1.00 bits per heavy atom. The number of hydrogen-bond acceptors (Lipinski definition) is 4. The van der Waals surface area contributed by atoms with E-state index in [-0.39, 0.29) is 5.91 Å². The summed E-state index contributed by atoms with van der Waals surface area (Å²) in [5, 5.41) is 2.91. The zero-order chi connectivity index (χ0) is 17.3. The molecule has 4 rings (SSSR count). The molecule has 1 aliphatic carbocycles. The van der Waals surface area contributed by atoms with Gasteiger partial charge in [-0.2, -0.15) is 0 Å². The van der Waals surface area contributed by atoms with Gasteiger partial charge in [0.2, 0.25) is 0 Å². The molecule has 2 aliphatic rings. The first-order valence-electron chi connectivity index (χ1n) is 8.80. The van der Waals surface area contributed by atoms with Gasteiger partial charge in [-0.25, -0.2) is 0 Å². The molecule has 5 heteroatoms. The number of ether oxygens (including phenoxy) is 2. The number of hydrogen-bond donors (Lipinski definition) is 2. The van der Waals surface area contributed by atoms with E-state index in [0.717, 1.165) is 37.0 Å². The molecule has 1 saturated carbocycles. The van der Waals surface area contributed by atoms with Crippen LogP contribution in [0.2, 0.25) is 0 Å². The molecule has 1 aliphatic heterocycles. The van der Waals surface area contributed by atoms with Crippen molar-refractivity contribution in [1.82, 2.24) is 0 Å². The molecule has 0 unspecified atom stereocenters. The Morgan fingerprint density at radius 2 is 1.72 bits per heavy atom. The molecular weight excluding hydrogens is 316 g/mol. The number of nitrogens with one attached hydrogen (secondary N) is 1. The van der Waals surface area contributed by atoms with Gasteiger partial charge in [-0.15, -0.1) is 0 Å². The molecule has 1 fully saturated rings. The summed E-state index contributed by atoms with van der Waals surface area (Å²) in [6, 6.07) is 12.8. The Morgan fingerprint density at radius 3 is 2.44 bits per heavy atom. The number of nitrogens with two attached hydrogens (primary N) is 1. The largest absolute Gasteiger partial charge is 0.448 e. The maximum absolute atomic E-state index is 12.4. The van der Waals surface area contributed by atoms with Crippen LogP contribution in [0.25, 0.3) is 0 Å². The van der Waals surface area contributed by atoms with Crippen molar-refractivity contribution >= 4 is 11.6 Å². The number of benzene rings is 2. The molecule has 25 heavy (non-hydrogen) atoms. The number of amides is 1. The van der Waals surface area contributed by atoms with E-state index in [0.29, 0.717) is 23.5 Å². The zero-order valence-corrected chi connectivity index (χ0v) is 14.1. The third-order valence-electron chi connectivity index (χ3n) is 4.86. The van der Waals surface area contributed by atoms with Crippen molar-refractivity contribution in [1.29, 1.82) is 0 Å². The highest BCUT2D eigenvalue weighted by atomic mass is 16.7. The molecule has 1 amide bonds. The Bertz CT molecular complexity index is 780. The third kappa shape index (κ3) is 3.20. The molecule has 0 atom stereocenters. The van der Waals surface area contributed by atoms with Crippen LogP contribution < -0.4 is 20.5 Å². The van der Waals surface area contributed by atoms with Crippen LogP contribution in [0.1, 0.15) is 48.0 Å². The highest BCUT2D eigenvalue weighted by Gasteiger charge is 2.42. The average Bonchev–Trinajstić information content (AvgIpc) is 2.98. The molecule has 0 aromatic heterocycles. The van der Waals surface area contributed by atoms with Crippen molar-refractivity contribution in [3.8, 4) is 11.5 Å². The Hall–Kier alpha value is -2.53. The Balaban J connectivity index is 1.48. The maximum Gasteiger partial charge on any atom is 0.255 e. The summed E-state index contributed by atoms with van der Waals surface area (Å²) in [6.45, 7) is 0.464. The second kappa shape index (κ2) is 6.41. The lowest BCUT2D eigenvalue weighted by Crippen LogP contribution is -2.40. The van der Waals surface area contributed by atoms with Crippen LogP contribution in [-0.2, 0) is 6.54 Å².